The molecule has 1 aromatic carbocycles. The van der Waals surface area contributed by atoms with E-state index in [1.165, 1.54) is 5.56 Å². The third-order valence-electron chi connectivity index (χ3n) is 5.04. The molecule has 6 nitrogen and oxygen atoms in total. The number of rotatable bonds is 4. The number of nitrogens with one attached hydrogen (secondary N) is 1. The summed E-state index contributed by atoms with van der Waals surface area (Å²) in [5.41, 5.74) is 8.07. The van der Waals surface area contributed by atoms with E-state index in [-0.39, 0.29) is 23.3 Å². The first-order valence-electron chi connectivity index (χ1n) is 9.43. The summed E-state index contributed by atoms with van der Waals surface area (Å²) >= 11 is 0. The number of aromatic nitrogens is 2. The number of nitrogens with two attached hydrogens (primary N) is 1. The first kappa shape index (κ1) is 18.7. The third-order valence-corrected chi connectivity index (χ3v) is 5.04. The lowest BCUT2D eigenvalue weighted by atomic mass is 10.0. The highest BCUT2D eigenvalue weighted by atomic mass is 16.1. The molecule has 1 aliphatic heterocycles. The van der Waals surface area contributed by atoms with Crippen molar-refractivity contribution in [1.29, 1.82) is 0 Å². The van der Waals surface area contributed by atoms with Crippen LogP contribution >= 0.6 is 0 Å². The lowest BCUT2D eigenvalue weighted by Crippen LogP contribution is -2.46. The second-order valence-electron chi connectivity index (χ2n) is 6.84. The third kappa shape index (κ3) is 3.82. The van der Waals surface area contributed by atoms with E-state index in [0.717, 1.165) is 25.5 Å². The Kier molecular flexibility index (Phi) is 5.23. The molecule has 1 fully saturated rings. The number of carbonyl (C=O) groups excluding carboxylic acids is 1. The molecular weight excluding hydrogens is 362 g/mol. The monoisotopic (exact) mass is 383 g/mol. The standard InChI is InChI=1S/C23H21N5O/c1-2-16-10-11-20(27-21(16)22(29)18-9-6-12-26-23(18)24)28-14-13-25-19(15-28)17-7-4-3-5-8-17/h1,3-12,19,25H,13-15H2,(H2,24,26). The van der Waals surface area contributed by atoms with Crippen LogP contribution in [0.15, 0.2) is 60.8 Å². The molecule has 3 aromatic rings. The van der Waals surface area contributed by atoms with Gasteiger partial charge in [-0.2, -0.15) is 0 Å². The number of pyridine rings is 2. The van der Waals surface area contributed by atoms with Gasteiger partial charge in [-0.1, -0.05) is 36.3 Å². The molecule has 144 valence electrons. The van der Waals surface area contributed by atoms with Gasteiger partial charge in [0.25, 0.3) is 0 Å². The van der Waals surface area contributed by atoms with Gasteiger partial charge in [0.05, 0.1) is 11.1 Å². The Balaban J connectivity index is 1.65. The molecular formula is C23H21N5O. The molecule has 1 saturated heterocycles. The number of terminal acetylenes is 1. The maximum absolute atomic E-state index is 13.1. The van der Waals surface area contributed by atoms with Gasteiger partial charge in [0.15, 0.2) is 0 Å². The number of hydrogen-bond donors (Lipinski definition) is 2. The van der Waals surface area contributed by atoms with Crippen molar-refractivity contribution in [3.63, 3.8) is 0 Å². The van der Waals surface area contributed by atoms with Crippen LogP contribution in [-0.2, 0) is 0 Å². The fraction of sp³-hybridized carbons (Fsp3) is 0.174. The molecule has 3 N–H and O–H groups in total. The van der Waals surface area contributed by atoms with Crippen LogP contribution < -0.4 is 16.0 Å². The highest BCUT2D eigenvalue weighted by molar-refractivity contribution is 6.11. The van der Waals surface area contributed by atoms with Gasteiger partial charge in [-0.05, 0) is 29.8 Å². The zero-order valence-corrected chi connectivity index (χ0v) is 15.9. The van der Waals surface area contributed by atoms with Gasteiger partial charge in [-0.3, -0.25) is 4.79 Å². The molecule has 0 aliphatic carbocycles. The number of piperazine rings is 1. The average Bonchev–Trinajstić information content (AvgIpc) is 2.79. The molecule has 0 radical (unpaired) electrons. The minimum absolute atomic E-state index is 0.166. The van der Waals surface area contributed by atoms with Crippen molar-refractivity contribution in [2.45, 2.75) is 6.04 Å². The number of hydrogen-bond acceptors (Lipinski definition) is 6. The van der Waals surface area contributed by atoms with Gasteiger partial charge < -0.3 is 16.0 Å². The van der Waals surface area contributed by atoms with Gasteiger partial charge in [-0.15, -0.1) is 6.42 Å². The van der Waals surface area contributed by atoms with Gasteiger partial charge in [0.1, 0.15) is 17.3 Å². The molecule has 4 rings (SSSR count). The van der Waals surface area contributed by atoms with Crippen LogP contribution in [-0.4, -0.2) is 35.4 Å². The molecule has 1 aliphatic rings. The fourth-order valence-electron chi connectivity index (χ4n) is 3.52. The summed E-state index contributed by atoms with van der Waals surface area (Å²) in [6.07, 6.45) is 7.16. The number of nitrogen functional groups attached to an aromatic ring is 1. The molecule has 1 unspecified atom stereocenters. The summed E-state index contributed by atoms with van der Waals surface area (Å²) in [7, 11) is 0. The van der Waals surface area contributed by atoms with E-state index in [0.29, 0.717) is 11.1 Å². The summed E-state index contributed by atoms with van der Waals surface area (Å²) in [5.74, 6) is 3.12. The minimum atomic E-state index is -0.319. The summed E-state index contributed by atoms with van der Waals surface area (Å²) in [6, 6.07) is 17.4. The van der Waals surface area contributed by atoms with Crippen molar-refractivity contribution >= 4 is 17.4 Å². The topological polar surface area (TPSA) is 84.1 Å². The van der Waals surface area contributed by atoms with Crippen LogP contribution in [0, 0.1) is 12.3 Å². The van der Waals surface area contributed by atoms with Gasteiger partial charge >= 0.3 is 0 Å². The Labute approximate surface area is 169 Å². The Morgan fingerprint density at radius 2 is 2.00 bits per heavy atom. The lowest BCUT2D eigenvalue weighted by Gasteiger charge is -2.35. The Morgan fingerprint density at radius 3 is 2.76 bits per heavy atom. The second-order valence-corrected chi connectivity index (χ2v) is 6.84. The van der Waals surface area contributed by atoms with E-state index in [4.69, 9.17) is 12.2 Å². The SMILES string of the molecule is C#Cc1ccc(N2CCNC(c3ccccc3)C2)nc1C(=O)c1cccnc1N. The van der Waals surface area contributed by atoms with Crippen molar-refractivity contribution in [2.75, 3.05) is 30.3 Å². The smallest absolute Gasteiger partial charge is 0.216 e. The van der Waals surface area contributed by atoms with E-state index in [9.17, 15) is 4.79 Å². The first-order chi connectivity index (χ1) is 14.2. The van der Waals surface area contributed by atoms with Crippen molar-refractivity contribution in [1.82, 2.24) is 15.3 Å². The molecule has 0 bridgehead atoms. The number of anilines is 2. The van der Waals surface area contributed by atoms with E-state index in [1.807, 2.05) is 24.3 Å². The van der Waals surface area contributed by atoms with Crippen LogP contribution in [0.25, 0.3) is 0 Å². The fourth-order valence-corrected chi connectivity index (χ4v) is 3.52. The number of ketones is 1. The predicted molar refractivity (Wildman–Crippen MR) is 114 cm³/mol. The Bertz CT molecular complexity index is 1070. The molecule has 6 heteroatoms. The van der Waals surface area contributed by atoms with Crippen molar-refractivity contribution in [3.8, 4) is 12.3 Å². The maximum atomic E-state index is 13.1. The number of benzene rings is 1. The molecule has 0 amide bonds. The van der Waals surface area contributed by atoms with Crippen molar-refractivity contribution < 1.29 is 4.79 Å². The minimum Gasteiger partial charge on any atom is -0.383 e. The van der Waals surface area contributed by atoms with Crippen LogP contribution in [0.2, 0.25) is 0 Å². The molecule has 0 spiro atoms. The summed E-state index contributed by atoms with van der Waals surface area (Å²) in [6.45, 7) is 2.35. The van der Waals surface area contributed by atoms with Crippen LogP contribution in [0.3, 0.4) is 0 Å². The Hall–Kier alpha value is -3.69. The van der Waals surface area contributed by atoms with Crippen LogP contribution in [0.5, 0.6) is 0 Å². The zero-order chi connectivity index (χ0) is 20.2. The average molecular weight is 383 g/mol. The number of nitrogens with zero attached hydrogens (tertiary/aromatic N) is 3. The molecule has 1 atom stereocenters. The van der Waals surface area contributed by atoms with Crippen LogP contribution in [0.1, 0.15) is 33.2 Å². The summed E-state index contributed by atoms with van der Waals surface area (Å²) < 4.78 is 0. The number of carbonyl (C=O) groups is 1. The van der Waals surface area contributed by atoms with E-state index in [2.05, 4.69) is 38.2 Å². The normalized spacial score (nSPS) is 16.2. The quantitative estimate of drug-likeness (QED) is 0.532. The van der Waals surface area contributed by atoms with E-state index >= 15 is 0 Å². The van der Waals surface area contributed by atoms with Crippen molar-refractivity contribution in [2.24, 2.45) is 0 Å². The van der Waals surface area contributed by atoms with E-state index < -0.39 is 0 Å². The first-order valence-corrected chi connectivity index (χ1v) is 9.43. The summed E-state index contributed by atoms with van der Waals surface area (Å²) in [4.78, 5) is 23.9. The molecule has 29 heavy (non-hydrogen) atoms. The highest BCUT2D eigenvalue weighted by Crippen LogP contribution is 2.24. The lowest BCUT2D eigenvalue weighted by molar-refractivity contribution is 0.103. The second kappa shape index (κ2) is 8.13. The van der Waals surface area contributed by atoms with Gasteiger partial charge in [0.2, 0.25) is 5.78 Å². The van der Waals surface area contributed by atoms with E-state index in [1.54, 1.807) is 24.4 Å². The van der Waals surface area contributed by atoms with Crippen LogP contribution in [0.4, 0.5) is 11.6 Å². The molecule has 3 heterocycles. The molecule has 0 saturated carbocycles. The Morgan fingerprint density at radius 1 is 1.17 bits per heavy atom. The highest BCUT2D eigenvalue weighted by Gasteiger charge is 2.24. The predicted octanol–water partition coefficient (Wildman–Crippen LogP) is 2.42. The zero-order valence-electron chi connectivity index (χ0n) is 15.9. The van der Waals surface area contributed by atoms with Gasteiger partial charge in [-0.25, -0.2) is 9.97 Å². The largest absolute Gasteiger partial charge is 0.383 e. The van der Waals surface area contributed by atoms with Gasteiger partial charge in [0, 0.05) is 31.9 Å². The van der Waals surface area contributed by atoms with Crippen molar-refractivity contribution in [3.05, 3.63) is 83.2 Å². The molecule has 2 aromatic heterocycles. The maximum Gasteiger partial charge on any atom is 0.216 e. The summed E-state index contributed by atoms with van der Waals surface area (Å²) in [5, 5.41) is 3.53.